The summed E-state index contributed by atoms with van der Waals surface area (Å²) in [5.74, 6) is -1.69. The predicted octanol–water partition coefficient (Wildman–Crippen LogP) is 5.59. The number of anilines is 2. The molecule has 9 nitrogen and oxygen atoms in total. The molecule has 12 heteroatoms. The van der Waals surface area contributed by atoms with Gasteiger partial charge in [0.25, 0.3) is 6.36 Å². The molecule has 0 saturated carbocycles. The summed E-state index contributed by atoms with van der Waals surface area (Å²) in [5.41, 5.74) is 13.1. The molecule has 0 amide bonds. The van der Waals surface area contributed by atoms with Crippen LogP contribution in [0.2, 0.25) is 0 Å². The molecule has 0 heterocycles. The van der Waals surface area contributed by atoms with Crippen molar-refractivity contribution >= 4 is 35.4 Å². The second kappa shape index (κ2) is 15.7. The van der Waals surface area contributed by atoms with E-state index in [1.54, 1.807) is 18.2 Å². The Bertz CT molecular complexity index is 1360. The Kier molecular flexibility index (Phi) is 11.8. The zero-order valence-electron chi connectivity index (χ0n) is 22.3. The Balaban J connectivity index is 1.32. The Morgan fingerprint density at radius 2 is 1.31 bits per heavy atom. The molecule has 0 aliphatic carbocycles. The minimum Gasteiger partial charge on any atom is -0.463 e. The van der Waals surface area contributed by atoms with E-state index in [-0.39, 0.29) is 35.8 Å². The van der Waals surface area contributed by atoms with Gasteiger partial charge in [-0.15, -0.1) is 0 Å². The van der Waals surface area contributed by atoms with Crippen molar-refractivity contribution in [3.8, 4) is 11.5 Å². The molecule has 0 saturated heterocycles. The largest absolute Gasteiger partial charge is 0.463 e. The van der Waals surface area contributed by atoms with E-state index in [2.05, 4.69) is 4.74 Å². The summed E-state index contributed by atoms with van der Waals surface area (Å²) >= 11 is 0. The van der Waals surface area contributed by atoms with Crippen molar-refractivity contribution < 1.29 is 46.5 Å². The van der Waals surface area contributed by atoms with Crippen LogP contribution in [0.5, 0.6) is 11.5 Å². The van der Waals surface area contributed by atoms with Crippen LogP contribution in [0, 0.1) is 0 Å². The molecule has 3 aromatic carbocycles. The van der Waals surface area contributed by atoms with Crippen molar-refractivity contribution in [2.24, 2.45) is 0 Å². The average Bonchev–Trinajstić information content (AvgIpc) is 2.96. The quantitative estimate of drug-likeness (QED) is 0.0813. The third-order valence-electron chi connectivity index (χ3n) is 5.52. The monoisotopic (exact) mass is 586 g/mol. The molecule has 0 bridgehead atoms. The van der Waals surface area contributed by atoms with Crippen molar-refractivity contribution in [3.63, 3.8) is 0 Å². The van der Waals surface area contributed by atoms with E-state index in [9.17, 15) is 27.6 Å². The lowest BCUT2D eigenvalue weighted by atomic mass is 10.2. The van der Waals surface area contributed by atoms with Gasteiger partial charge in [0.15, 0.2) is 0 Å². The van der Waals surface area contributed by atoms with Crippen LogP contribution in [0.4, 0.5) is 24.5 Å². The molecule has 1 atom stereocenters. The van der Waals surface area contributed by atoms with E-state index >= 15 is 0 Å². The number of hydrogen-bond donors (Lipinski definition) is 2. The zero-order chi connectivity index (χ0) is 30.5. The third kappa shape index (κ3) is 10.5. The van der Waals surface area contributed by atoms with Crippen LogP contribution in [0.25, 0.3) is 6.08 Å². The van der Waals surface area contributed by atoms with E-state index in [1.807, 2.05) is 0 Å². The molecule has 0 fully saturated rings. The van der Waals surface area contributed by atoms with Crippen LogP contribution in [0.3, 0.4) is 0 Å². The molecule has 222 valence electrons. The molecule has 3 aromatic rings. The molecule has 3 rings (SSSR count). The minimum absolute atomic E-state index is 0.103. The van der Waals surface area contributed by atoms with Crippen LogP contribution in [-0.2, 0) is 14.3 Å². The van der Waals surface area contributed by atoms with Gasteiger partial charge in [-0.1, -0.05) is 12.1 Å². The molecule has 0 spiro atoms. The molecular formula is C30H29F3N2O7. The first-order valence-corrected chi connectivity index (χ1v) is 12.8. The summed E-state index contributed by atoms with van der Waals surface area (Å²) in [6.45, 7) is 0.407. The maximum Gasteiger partial charge on any atom is 0.343 e. The number of ether oxygens (including phenoxy) is 4. The highest BCUT2D eigenvalue weighted by Crippen LogP contribution is 2.20. The van der Waals surface area contributed by atoms with E-state index < -0.39 is 30.7 Å². The lowest BCUT2D eigenvalue weighted by molar-refractivity contribution is -0.137. The molecular weight excluding hydrogens is 557 g/mol. The van der Waals surface area contributed by atoms with Crippen LogP contribution >= 0.6 is 0 Å². The highest BCUT2D eigenvalue weighted by Gasteiger charge is 2.21. The number of rotatable bonds is 14. The van der Waals surface area contributed by atoms with Gasteiger partial charge < -0.3 is 30.4 Å². The number of nitrogens with two attached hydrogens (primary N) is 2. The highest BCUT2D eigenvalue weighted by atomic mass is 19.3. The Hall–Kier alpha value is -5.00. The fourth-order valence-corrected chi connectivity index (χ4v) is 3.47. The topological polar surface area (TPSA) is 140 Å². The number of unbranched alkanes of at least 4 members (excludes halogenated alkanes) is 2. The summed E-state index contributed by atoms with van der Waals surface area (Å²) in [6, 6.07) is 15.7. The Labute approximate surface area is 239 Å². The lowest BCUT2D eigenvalue weighted by Gasteiger charge is -2.10. The fraction of sp³-hybridized carbons (Fsp3) is 0.233. The number of carbonyl (C=O) groups is 3. The van der Waals surface area contributed by atoms with Crippen molar-refractivity contribution in [2.75, 3.05) is 24.7 Å². The van der Waals surface area contributed by atoms with Crippen molar-refractivity contribution in [2.45, 2.75) is 32.0 Å². The van der Waals surface area contributed by atoms with Crippen LogP contribution in [-0.4, -0.2) is 43.9 Å². The third-order valence-corrected chi connectivity index (χ3v) is 5.52. The predicted molar refractivity (Wildman–Crippen MR) is 149 cm³/mol. The summed E-state index contributed by atoms with van der Waals surface area (Å²) in [5, 5.41) is 0. The van der Waals surface area contributed by atoms with Gasteiger partial charge in [0.2, 0.25) is 0 Å². The van der Waals surface area contributed by atoms with Crippen molar-refractivity contribution in [1.29, 1.82) is 0 Å². The highest BCUT2D eigenvalue weighted by molar-refractivity contribution is 5.92. The van der Waals surface area contributed by atoms with Gasteiger partial charge in [-0.25, -0.2) is 23.2 Å². The normalized spacial score (nSPS) is 11.7. The Morgan fingerprint density at radius 1 is 0.714 bits per heavy atom. The molecule has 42 heavy (non-hydrogen) atoms. The van der Waals surface area contributed by atoms with Crippen molar-refractivity contribution in [3.05, 3.63) is 89.5 Å². The second-order valence-electron chi connectivity index (χ2n) is 8.87. The van der Waals surface area contributed by atoms with E-state index in [0.29, 0.717) is 36.2 Å². The number of halogens is 3. The standard InChI is InChI=1S/C30H29F3N2O7/c31-27(32)28(33)41-24-11-7-20(8-12-24)30(38)42-25-9-4-19(5-10-25)6-13-26(36)39-14-2-1-3-15-40-29(37)21-16-22(34)18-23(35)17-21/h4-13,16-18,27-28H,1-3,14-15,34-35H2/b13-6+. The van der Waals surface area contributed by atoms with Gasteiger partial charge in [0.1, 0.15) is 11.5 Å². The van der Waals surface area contributed by atoms with Gasteiger partial charge >= 0.3 is 24.3 Å². The Morgan fingerprint density at radius 3 is 1.93 bits per heavy atom. The fourth-order valence-electron chi connectivity index (χ4n) is 3.47. The average molecular weight is 587 g/mol. The van der Waals surface area contributed by atoms with Gasteiger partial charge in [-0.3, -0.25) is 0 Å². The molecule has 0 radical (unpaired) electrons. The summed E-state index contributed by atoms with van der Waals surface area (Å²) in [7, 11) is 0. The lowest BCUT2D eigenvalue weighted by Crippen LogP contribution is -2.19. The first-order valence-electron chi connectivity index (χ1n) is 12.8. The molecule has 4 N–H and O–H groups in total. The van der Waals surface area contributed by atoms with Gasteiger partial charge in [0, 0.05) is 17.5 Å². The van der Waals surface area contributed by atoms with E-state index in [1.165, 1.54) is 60.7 Å². The smallest absolute Gasteiger partial charge is 0.343 e. The first kappa shape index (κ1) is 31.5. The SMILES string of the molecule is Nc1cc(N)cc(C(=O)OCCCCCOC(=O)/C=C/c2ccc(OC(=O)c3ccc(OC(F)C(F)F)cc3)cc2)c1. The van der Waals surface area contributed by atoms with Crippen LogP contribution in [0.1, 0.15) is 45.5 Å². The minimum atomic E-state index is -3.29. The summed E-state index contributed by atoms with van der Waals surface area (Å²) in [6.07, 6.45) is -1.40. The van der Waals surface area contributed by atoms with E-state index in [0.717, 1.165) is 0 Å². The molecule has 0 aromatic heterocycles. The molecule has 0 aliphatic heterocycles. The molecule has 0 aliphatic rings. The number of benzene rings is 3. The number of hydrogen-bond acceptors (Lipinski definition) is 9. The summed E-state index contributed by atoms with van der Waals surface area (Å²) < 4.78 is 57.5. The zero-order valence-corrected chi connectivity index (χ0v) is 22.3. The summed E-state index contributed by atoms with van der Waals surface area (Å²) in [4.78, 5) is 36.3. The van der Waals surface area contributed by atoms with Gasteiger partial charge in [0.05, 0.1) is 24.3 Å². The molecule has 1 unspecified atom stereocenters. The maximum atomic E-state index is 13.0. The number of nitrogen functional groups attached to an aromatic ring is 2. The number of carbonyl (C=O) groups excluding carboxylic acids is 3. The van der Waals surface area contributed by atoms with E-state index in [4.69, 9.17) is 25.7 Å². The maximum absolute atomic E-state index is 13.0. The van der Waals surface area contributed by atoms with Gasteiger partial charge in [-0.05, 0) is 85.5 Å². The van der Waals surface area contributed by atoms with Crippen molar-refractivity contribution in [1.82, 2.24) is 0 Å². The first-order chi connectivity index (χ1) is 20.1. The van der Waals surface area contributed by atoms with Crippen LogP contribution in [0.15, 0.2) is 72.8 Å². The second-order valence-corrected chi connectivity index (χ2v) is 8.87. The van der Waals surface area contributed by atoms with Crippen LogP contribution < -0.4 is 20.9 Å². The van der Waals surface area contributed by atoms with Gasteiger partial charge in [-0.2, -0.15) is 4.39 Å². The number of alkyl halides is 3. The number of esters is 3.